The minimum absolute atomic E-state index is 0.198. The SMILES string of the molecule is C=C(CCC)C(=O)O[SiH2]C. The molecule has 0 aliphatic carbocycles. The molecule has 0 aliphatic rings. The first kappa shape index (κ1) is 9.43. The summed E-state index contributed by atoms with van der Waals surface area (Å²) in [5.74, 6) is -0.198. The molecule has 0 radical (unpaired) electrons. The third-order valence-corrected chi connectivity index (χ3v) is 1.67. The van der Waals surface area contributed by atoms with Gasteiger partial charge < -0.3 is 4.43 Å². The van der Waals surface area contributed by atoms with E-state index >= 15 is 0 Å². The maximum Gasteiger partial charge on any atom is 0.319 e. The molecular weight excluding hydrogens is 144 g/mol. The molecule has 0 rings (SSSR count). The molecule has 0 aromatic rings. The molecule has 0 unspecified atom stereocenters. The molecular formula is C7H14O2Si. The van der Waals surface area contributed by atoms with Gasteiger partial charge in [-0.2, -0.15) is 0 Å². The van der Waals surface area contributed by atoms with Gasteiger partial charge in [-0.15, -0.1) is 0 Å². The van der Waals surface area contributed by atoms with Crippen molar-refractivity contribution in [3.05, 3.63) is 12.2 Å². The van der Waals surface area contributed by atoms with Gasteiger partial charge in [0, 0.05) is 5.57 Å². The summed E-state index contributed by atoms with van der Waals surface area (Å²) in [6.07, 6.45) is 1.71. The molecule has 0 aliphatic heterocycles. The maximum absolute atomic E-state index is 10.8. The Morgan fingerprint density at radius 2 is 2.30 bits per heavy atom. The van der Waals surface area contributed by atoms with Crippen LogP contribution in [-0.4, -0.2) is 15.7 Å². The summed E-state index contributed by atoms with van der Waals surface area (Å²) in [6, 6.07) is 0. The summed E-state index contributed by atoms with van der Waals surface area (Å²) in [4.78, 5) is 10.8. The van der Waals surface area contributed by atoms with Crippen molar-refractivity contribution in [1.29, 1.82) is 0 Å². The molecule has 0 bridgehead atoms. The molecule has 3 heteroatoms. The minimum atomic E-state index is -0.604. The minimum Gasteiger partial charge on any atom is -0.522 e. The number of hydrogen-bond donors (Lipinski definition) is 0. The quantitative estimate of drug-likeness (QED) is 0.451. The predicted molar refractivity (Wildman–Crippen MR) is 44.5 cm³/mol. The van der Waals surface area contributed by atoms with E-state index in [2.05, 4.69) is 6.58 Å². The van der Waals surface area contributed by atoms with Crippen molar-refractivity contribution in [2.45, 2.75) is 26.3 Å². The molecule has 0 heterocycles. The first-order valence-corrected chi connectivity index (χ1v) is 5.56. The van der Waals surface area contributed by atoms with E-state index in [1.807, 2.05) is 13.5 Å². The van der Waals surface area contributed by atoms with Gasteiger partial charge in [-0.3, -0.25) is 0 Å². The fraction of sp³-hybridized carbons (Fsp3) is 0.571. The second kappa shape index (κ2) is 5.23. The number of carbonyl (C=O) groups is 1. The average Bonchev–Trinajstić information content (AvgIpc) is 1.89. The normalized spacial score (nSPS) is 10.2. The van der Waals surface area contributed by atoms with Gasteiger partial charge in [0.2, 0.25) is 9.76 Å². The highest BCUT2D eigenvalue weighted by atomic mass is 28.2. The molecule has 0 saturated heterocycles. The fourth-order valence-electron chi connectivity index (χ4n) is 0.637. The van der Waals surface area contributed by atoms with Crippen molar-refractivity contribution in [2.24, 2.45) is 0 Å². The van der Waals surface area contributed by atoms with Crippen molar-refractivity contribution in [3.8, 4) is 0 Å². The van der Waals surface area contributed by atoms with Crippen LogP contribution in [0.5, 0.6) is 0 Å². The third-order valence-electron chi connectivity index (χ3n) is 1.12. The van der Waals surface area contributed by atoms with E-state index in [0.717, 1.165) is 12.8 Å². The molecule has 0 fully saturated rings. The van der Waals surface area contributed by atoms with Crippen molar-refractivity contribution in [2.75, 3.05) is 0 Å². The van der Waals surface area contributed by atoms with E-state index in [1.165, 1.54) is 0 Å². The zero-order valence-corrected chi connectivity index (χ0v) is 8.06. The van der Waals surface area contributed by atoms with E-state index in [0.29, 0.717) is 5.57 Å². The van der Waals surface area contributed by atoms with Crippen LogP contribution in [0.3, 0.4) is 0 Å². The lowest BCUT2D eigenvalue weighted by molar-refractivity contribution is -0.130. The Balaban J connectivity index is 3.60. The maximum atomic E-state index is 10.8. The van der Waals surface area contributed by atoms with E-state index < -0.39 is 9.76 Å². The van der Waals surface area contributed by atoms with Gasteiger partial charge in [0.1, 0.15) is 0 Å². The lowest BCUT2D eigenvalue weighted by Gasteiger charge is -2.02. The summed E-state index contributed by atoms with van der Waals surface area (Å²) >= 11 is 0. The number of rotatable bonds is 4. The van der Waals surface area contributed by atoms with Crippen molar-refractivity contribution in [3.63, 3.8) is 0 Å². The molecule has 0 saturated carbocycles. The Morgan fingerprint density at radius 1 is 1.70 bits per heavy atom. The van der Waals surface area contributed by atoms with Gasteiger partial charge in [0.15, 0.2) is 0 Å². The van der Waals surface area contributed by atoms with Crippen LogP contribution in [0.25, 0.3) is 0 Å². The monoisotopic (exact) mass is 158 g/mol. The second-order valence-electron chi connectivity index (χ2n) is 2.07. The summed E-state index contributed by atoms with van der Waals surface area (Å²) in [7, 11) is -0.604. The first-order valence-electron chi connectivity index (χ1n) is 3.57. The topological polar surface area (TPSA) is 26.3 Å². The van der Waals surface area contributed by atoms with Crippen LogP contribution in [0.2, 0.25) is 6.55 Å². The molecule has 2 nitrogen and oxygen atoms in total. The van der Waals surface area contributed by atoms with E-state index in [1.54, 1.807) is 0 Å². The van der Waals surface area contributed by atoms with Crippen molar-refractivity contribution in [1.82, 2.24) is 0 Å². The summed E-state index contributed by atoms with van der Waals surface area (Å²) in [5, 5.41) is 0. The van der Waals surface area contributed by atoms with E-state index in [9.17, 15) is 4.79 Å². The summed E-state index contributed by atoms with van der Waals surface area (Å²) in [6.45, 7) is 7.55. The number of hydrogen-bond acceptors (Lipinski definition) is 2. The molecule has 0 aromatic carbocycles. The highest BCUT2D eigenvalue weighted by Crippen LogP contribution is 2.02. The highest BCUT2D eigenvalue weighted by molar-refractivity contribution is 6.29. The molecule has 58 valence electrons. The van der Waals surface area contributed by atoms with Crippen LogP contribution in [0.1, 0.15) is 19.8 Å². The van der Waals surface area contributed by atoms with Gasteiger partial charge in [-0.05, 0) is 13.0 Å². The van der Waals surface area contributed by atoms with Crippen LogP contribution in [-0.2, 0) is 9.22 Å². The fourth-order valence-corrected chi connectivity index (χ4v) is 1.10. The lowest BCUT2D eigenvalue weighted by atomic mass is 10.2. The second-order valence-corrected chi connectivity index (χ2v) is 2.94. The van der Waals surface area contributed by atoms with Gasteiger partial charge in [0.25, 0.3) is 0 Å². The van der Waals surface area contributed by atoms with Crippen LogP contribution in [0.4, 0.5) is 0 Å². The molecule has 0 N–H and O–H groups in total. The zero-order chi connectivity index (χ0) is 7.98. The van der Waals surface area contributed by atoms with Gasteiger partial charge in [-0.25, -0.2) is 4.79 Å². The molecule has 10 heavy (non-hydrogen) atoms. The molecule has 0 atom stereocenters. The van der Waals surface area contributed by atoms with Crippen LogP contribution in [0, 0.1) is 0 Å². The predicted octanol–water partition coefficient (Wildman–Crippen LogP) is 1.02. The zero-order valence-electron chi connectivity index (χ0n) is 6.64. The summed E-state index contributed by atoms with van der Waals surface area (Å²) in [5.41, 5.74) is 0.608. The molecule has 0 spiro atoms. The standard InChI is InChI=1S/C7H14O2Si/c1-4-5-6(2)7(8)9-10-3/h2,4-5,10H2,1,3H3. The lowest BCUT2D eigenvalue weighted by Crippen LogP contribution is -2.07. The van der Waals surface area contributed by atoms with Crippen molar-refractivity contribution >= 4 is 15.7 Å². The average molecular weight is 158 g/mol. The van der Waals surface area contributed by atoms with E-state index in [4.69, 9.17) is 4.43 Å². The molecule has 0 amide bonds. The van der Waals surface area contributed by atoms with Gasteiger partial charge in [0.05, 0.1) is 0 Å². The van der Waals surface area contributed by atoms with Crippen LogP contribution >= 0.6 is 0 Å². The molecule has 0 aromatic heterocycles. The Hall–Kier alpha value is -0.573. The third kappa shape index (κ3) is 3.45. The smallest absolute Gasteiger partial charge is 0.319 e. The Kier molecular flexibility index (Phi) is 4.93. The van der Waals surface area contributed by atoms with Crippen molar-refractivity contribution < 1.29 is 9.22 Å². The van der Waals surface area contributed by atoms with Gasteiger partial charge in [-0.1, -0.05) is 19.9 Å². The van der Waals surface area contributed by atoms with Crippen LogP contribution in [0.15, 0.2) is 12.2 Å². The van der Waals surface area contributed by atoms with E-state index in [-0.39, 0.29) is 5.97 Å². The largest absolute Gasteiger partial charge is 0.522 e. The number of carbonyl (C=O) groups excluding carboxylic acids is 1. The van der Waals surface area contributed by atoms with Crippen LogP contribution < -0.4 is 0 Å². The highest BCUT2D eigenvalue weighted by Gasteiger charge is 2.04. The Morgan fingerprint density at radius 3 is 2.70 bits per heavy atom. The first-order chi connectivity index (χ1) is 4.72. The Bertz CT molecular complexity index is 116. The summed E-state index contributed by atoms with van der Waals surface area (Å²) < 4.78 is 4.86. The van der Waals surface area contributed by atoms with Gasteiger partial charge >= 0.3 is 5.97 Å². The Labute approximate surface area is 64.2 Å².